The fourth-order valence-electron chi connectivity index (χ4n) is 0.787. The molecule has 1 heteroatoms. The normalized spacial score (nSPS) is 11.8. The fraction of sp³-hybridized carbons (Fsp3) is 0.556. The Hall–Kier alpha value is -0.720. The molecule has 0 aromatic heterocycles. The average Bonchev–Trinajstić information content (AvgIpc) is 1.87. The van der Waals surface area contributed by atoms with Gasteiger partial charge in [0.25, 0.3) is 0 Å². The van der Waals surface area contributed by atoms with Gasteiger partial charge in [0.05, 0.1) is 0 Å². The Morgan fingerprint density at radius 1 is 1.60 bits per heavy atom. The molecule has 58 valence electrons. The number of allylic oxidation sites excluding steroid dienone is 3. The van der Waals surface area contributed by atoms with Crippen molar-refractivity contribution in [3.8, 4) is 0 Å². The van der Waals surface area contributed by atoms with Crippen LogP contribution in [0.4, 0.5) is 0 Å². The van der Waals surface area contributed by atoms with E-state index in [-0.39, 0.29) is 0 Å². The van der Waals surface area contributed by atoms with E-state index in [1.54, 1.807) is 0 Å². The molecule has 0 saturated carbocycles. The van der Waals surface area contributed by atoms with E-state index in [9.17, 15) is 0 Å². The first-order valence-corrected chi connectivity index (χ1v) is 3.78. The Bertz CT molecular complexity index is 123. The molecule has 0 radical (unpaired) electrons. The van der Waals surface area contributed by atoms with Crippen molar-refractivity contribution in [1.82, 2.24) is 5.32 Å². The van der Waals surface area contributed by atoms with E-state index < -0.39 is 0 Å². The molecule has 0 unspecified atom stereocenters. The Kier molecular flexibility index (Phi) is 4.73. The van der Waals surface area contributed by atoms with E-state index in [0.29, 0.717) is 5.92 Å². The van der Waals surface area contributed by atoms with Crippen LogP contribution >= 0.6 is 0 Å². The third kappa shape index (κ3) is 3.33. The number of rotatable bonds is 4. The Balaban J connectivity index is 3.97. The molecule has 0 fully saturated rings. The van der Waals surface area contributed by atoms with Gasteiger partial charge in [-0.25, -0.2) is 0 Å². The summed E-state index contributed by atoms with van der Waals surface area (Å²) in [7, 11) is 0. The average molecular weight is 139 g/mol. The molecule has 0 bridgehead atoms. The zero-order valence-corrected chi connectivity index (χ0v) is 7.15. The maximum atomic E-state index is 3.65. The van der Waals surface area contributed by atoms with Gasteiger partial charge in [0, 0.05) is 12.2 Å². The maximum absolute atomic E-state index is 3.65. The van der Waals surface area contributed by atoms with Crippen molar-refractivity contribution < 1.29 is 0 Å². The van der Waals surface area contributed by atoms with Crippen LogP contribution < -0.4 is 5.32 Å². The first-order chi connectivity index (χ1) is 4.72. The van der Waals surface area contributed by atoms with Gasteiger partial charge in [0.2, 0.25) is 0 Å². The van der Waals surface area contributed by atoms with Gasteiger partial charge in [0.15, 0.2) is 0 Å². The second-order valence-corrected chi connectivity index (χ2v) is 2.54. The predicted molar refractivity (Wildman–Crippen MR) is 46.8 cm³/mol. The molecule has 0 amide bonds. The van der Waals surface area contributed by atoms with Gasteiger partial charge in [-0.05, 0) is 18.9 Å². The van der Waals surface area contributed by atoms with Crippen molar-refractivity contribution in [2.45, 2.75) is 20.8 Å². The van der Waals surface area contributed by atoms with Gasteiger partial charge >= 0.3 is 0 Å². The molecule has 0 saturated heterocycles. The molecular formula is C9H17N. The van der Waals surface area contributed by atoms with Crippen molar-refractivity contribution in [3.05, 3.63) is 24.4 Å². The number of nitrogens with one attached hydrogen (secondary N) is 1. The summed E-state index contributed by atoms with van der Waals surface area (Å²) in [4.78, 5) is 0. The third-order valence-corrected chi connectivity index (χ3v) is 1.30. The lowest BCUT2D eigenvalue weighted by molar-refractivity contribution is 0.668. The SMILES string of the molecule is C=C/C=C(\NCC)C(C)C. The standard InChI is InChI=1S/C9H17N/c1-5-7-9(8(3)4)10-6-2/h5,7-8,10H,1,6H2,2-4H3/b9-7-. The molecule has 0 aliphatic rings. The molecule has 0 aromatic rings. The van der Waals surface area contributed by atoms with Crippen LogP contribution in [0.5, 0.6) is 0 Å². The largest absolute Gasteiger partial charge is 0.388 e. The minimum atomic E-state index is 0.568. The van der Waals surface area contributed by atoms with Crippen LogP contribution in [-0.4, -0.2) is 6.54 Å². The van der Waals surface area contributed by atoms with E-state index >= 15 is 0 Å². The highest BCUT2D eigenvalue weighted by molar-refractivity contribution is 5.10. The van der Waals surface area contributed by atoms with Crippen molar-refractivity contribution in [3.63, 3.8) is 0 Å². The molecule has 1 N–H and O–H groups in total. The summed E-state index contributed by atoms with van der Waals surface area (Å²) in [5, 5.41) is 3.27. The highest BCUT2D eigenvalue weighted by atomic mass is 14.9. The van der Waals surface area contributed by atoms with Crippen LogP contribution in [0.15, 0.2) is 24.4 Å². The van der Waals surface area contributed by atoms with E-state index in [1.807, 2.05) is 12.2 Å². The molecule has 0 aliphatic heterocycles. The number of hydrogen-bond acceptors (Lipinski definition) is 1. The molecular weight excluding hydrogens is 122 g/mol. The Morgan fingerprint density at radius 2 is 2.20 bits per heavy atom. The summed E-state index contributed by atoms with van der Waals surface area (Å²) in [6, 6.07) is 0. The van der Waals surface area contributed by atoms with Crippen LogP contribution in [0.25, 0.3) is 0 Å². The quantitative estimate of drug-likeness (QED) is 0.589. The highest BCUT2D eigenvalue weighted by Crippen LogP contribution is 2.04. The van der Waals surface area contributed by atoms with E-state index in [4.69, 9.17) is 0 Å². The smallest absolute Gasteiger partial charge is 0.0132 e. The molecule has 0 rings (SSSR count). The maximum Gasteiger partial charge on any atom is 0.0132 e. The lowest BCUT2D eigenvalue weighted by Gasteiger charge is -2.11. The molecule has 0 spiro atoms. The summed E-state index contributed by atoms with van der Waals surface area (Å²) < 4.78 is 0. The molecule has 0 aliphatic carbocycles. The fourth-order valence-corrected chi connectivity index (χ4v) is 0.787. The summed E-state index contributed by atoms with van der Waals surface area (Å²) in [6.45, 7) is 11.1. The van der Waals surface area contributed by atoms with Crippen molar-refractivity contribution in [2.24, 2.45) is 5.92 Å². The number of hydrogen-bond donors (Lipinski definition) is 1. The summed E-state index contributed by atoms with van der Waals surface area (Å²) in [6.07, 6.45) is 3.84. The van der Waals surface area contributed by atoms with Crippen molar-refractivity contribution >= 4 is 0 Å². The van der Waals surface area contributed by atoms with Crippen molar-refractivity contribution in [2.75, 3.05) is 6.54 Å². The molecule has 0 atom stereocenters. The van der Waals surface area contributed by atoms with E-state index in [1.165, 1.54) is 5.70 Å². The minimum absolute atomic E-state index is 0.568. The Labute approximate surface area is 63.8 Å². The summed E-state index contributed by atoms with van der Waals surface area (Å²) >= 11 is 0. The van der Waals surface area contributed by atoms with Crippen LogP contribution in [-0.2, 0) is 0 Å². The van der Waals surface area contributed by atoms with Crippen molar-refractivity contribution in [1.29, 1.82) is 0 Å². The third-order valence-electron chi connectivity index (χ3n) is 1.30. The van der Waals surface area contributed by atoms with Gasteiger partial charge < -0.3 is 5.32 Å². The van der Waals surface area contributed by atoms with Crippen LogP contribution in [0, 0.1) is 5.92 Å². The zero-order valence-electron chi connectivity index (χ0n) is 7.15. The molecule has 0 heterocycles. The van der Waals surface area contributed by atoms with Crippen LogP contribution in [0.1, 0.15) is 20.8 Å². The first kappa shape index (κ1) is 9.28. The predicted octanol–water partition coefficient (Wildman–Crippen LogP) is 2.32. The second kappa shape index (κ2) is 5.10. The van der Waals surface area contributed by atoms with Crippen LogP contribution in [0.3, 0.4) is 0 Å². The molecule has 1 nitrogen and oxygen atoms in total. The molecule has 10 heavy (non-hydrogen) atoms. The van der Waals surface area contributed by atoms with Gasteiger partial charge in [-0.15, -0.1) is 0 Å². The van der Waals surface area contributed by atoms with Gasteiger partial charge in [-0.3, -0.25) is 0 Å². The second-order valence-electron chi connectivity index (χ2n) is 2.54. The highest BCUT2D eigenvalue weighted by Gasteiger charge is 1.97. The Morgan fingerprint density at radius 3 is 2.50 bits per heavy atom. The molecule has 0 aromatic carbocycles. The summed E-state index contributed by atoms with van der Waals surface area (Å²) in [5.74, 6) is 0.568. The van der Waals surface area contributed by atoms with E-state index in [0.717, 1.165) is 6.54 Å². The zero-order chi connectivity index (χ0) is 7.98. The minimum Gasteiger partial charge on any atom is -0.388 e. The van der Waals surface area contributed by atoms with E-state index in [2.05, 4.69) is 32.7 Å². The first-order valence-electron chi connectivity index (χ1n) is 3.78. The lowest BCUT2D eigenvalue weighted by atomic mass is 10.1. The van der Waals surface area contributed by atoms with Gasteiger partial charge in [-0.2, -0.15) is 0 Å². The van der Waals surface area contributed by atoms with Crippen LogP contribution in [0.2, 0.25) is 0 Å². The van der Waals surface area contributed by atoms with Gasteiger partial charge in [0.1, 0.15) is 0 Å². The summed E-state index contributed by atoms with van der Waals surface area (Å²) in [5.41, 5.74) is 1.26. The topological polar surface area (TPSA) is 12.0 Å². The lowest BCUT2D eigenvalue weighted by Crippen LogP contribution is -2.16. The monoisotopic (exact) mass is 139 g/mol. The van der Waals surface area contributed by atoms with Gasteiger partial charge in [-0.1, -0.05) is 26.5 Å².